The molecule has 0 saturated heterocycles. The molecule has 24 heavy (non-hydrogen) atoms. The van der Waals surface area contributed by atoms with E-state index in [4.69, 9.17) is 28.0 Å². The van der Waals surface area contributed by atoms with Gasteiger partial charge in [-0.15, -0.1) is 0 Å². The second kappa shape index (κ2) is 8.28. The van der Waals surface area contributed by atoms with Gasteiger partial charge in [-0.25, -0.2) is 0 Å². The molecule has 1 rings (SSSR count). The second-order valence-corrected chi connectivity index (χ2v) is 7.90. The van der Waals surface area contributed by atoms with E-state index in [0.29, 0.717) is 16.0 Å². The summed E-state index contributed by atoms with van der Waals surface area (Å²) in [7, 11) is -10.7. The fourth-order valence-electron chi connectivity index (χ4n) is 1.60. The molecule has 1 heterocycles. The fraction of sp³-hybridized carbons (Fsp3) is 0.615. The van der Waals surface area contributed by atoms with Crippen molar-refractivity contribution in [2.24, 2.45) is 5.92 Å². The summed E-state index contributed by atoms with van der Waals surface area (Å²) in [5, 5.41) is 1.06. The van der Waals surface area contributed by atoms with Crippen LogP contribution in [0.4, 0.5) is 25.2 Å². The van der Waals surface area contributed by atoms with Crippen molar-refractivity contribution < 1.29 is 34.7 Å². The Balaban J connectivity index is 0.000000640. The van der Waals surface area contributed by atoms with Gasteiger partial charge in [-0.3, -0.25) is 4.84 Å². The molecule has 144 valence electrons. The van der Waals surface area contributed by atoms with Crippen molar-refractivity contribution >= 4 is 31.0 Å². The molecule has 1 aromatic rings. The summed E-state index contributed by atoms with van der Waals surface area (Å²) < 4.78 is 60.8. The molecule has 0 aromatic carbocycles. The summed E-state index contributed by atoms with van der Waals surface area (Å²) in [6.07, 6.45) is 8.32. The zero-order valence-corrected chi connectivity index (χ0v) is 15.6. The molecule has 1 aromatic heterocycles. The summed E-state index contributed by atoms with van der Waals surface area (Å²) in [6.45, 7) is 5.13. The normalized spacial score (nSPS) is 15.6. The van der Waals surface area contributed by atoms with Gasteiger partial charge in [-0.2, -0.15) is 0 Å². The van der Waals surface area contributed by atoms with Crippen LogP contribution in [0.15, 0.2) is 18.5 Å². The summed E-state index contributed by atoms with van der Waals surface area (Å²) in [5.41, 5.74) is 0. The molecule has 1 unspecified atom stereocenters. The minimum absolute atomic E-state index is 0.510. The van der Waals surface area contributed by atoms with Crippen LogP contribution in [0.5, 0.6) is 0 Å². The third-order valence-electron chi connectivity index (χ3n) is 2.84. The topological polar surface area (TPSA) is 13.1 Å². The number of nitrogens with zero attached hydrogens (tertiary/aromatic N) is 1. The van der Waals surface area contributed by atoms with Crippen LogP contribution in [0.2, 0.25) is 10.0 Å². The standard InChI is InChI=1S/C13H20Cl2NO.F6P/c1-3-5-6-11(4-2)10-17-16-8-7-12(14)13(15)9-16;1-7(2,3,4,5)6/h7-9,11H,3-6,10H2,1-2H3;/q+1;-1. The first kappa shape index (κ1) is 23.5. The average Bonchev–Trinajstić information content (AvgIpc) is 2.39. The molecular formula is C13H20Cl2F6NOP. The van der Waals surface area contributed by atoms with Gasteiger partial charge in [0.25, 0.3) is 0 Å². The first-order valence-electron chi connectivity index (χ1n) is 7.18. The zero-order valence-electron chi connectivity index (χ0n) is 13.2. The Morgan fingerprint density at radius 2 is 1.62 bits per heavy atom. The monoisotopic (exact) mass is 421 g/mol. The maximum atomic E-state index is 9.87. The van der Waals surface area contributed by atoms with Gasteiger partial charge >= 0.3 is 33.0 Å². The van der Waals surface area contributed by atoms with Gasteiger partial charge in [0.2, 0.25) is 12.4 Å². The molecule has 0 aliphatic heterocycles. The maximum absolute atomic E-state index is 10.7. The molecule has 0 N–H and O–H groups in total. The van der Waals surface area contributed by atoms with Crippen molar-refractivity contribution in [2.45, 2.75) is 39.5 Å². The molecular weight excluding hydrogens is 402 g/mol. The number of rotatable bonds is 7. The van der Waals surface area contributed by atoms with Gasteiger partial charge in [0.15, 0.2) is 6.61 Å². The Morgan fingerprint density at radius 1 is 1.08 bits per heavy atom. The molecule has 0 aliphatic rings. The number of hydrogen-bond acceptors (Lipinski definition) is 1. The Hall–Kier alpha value is -0.460. The van der Waals surface area contributed by atoms with Gasteiger partial charge in [0.1, 0.15) is 5.02 Å². The Bertz CT molecular complexity index is 515. The summed E-state index contributed by atoms with van der Waals surface area (Å²) in [4.78, 5) is 5.67. The first-order chi connectivity index (χ1) is 10.6. The quantitative estimate of drug-likeness (QED) is 0.255. The van der Waals surface area contributed by atoms with Gasteiger partial charge in [0.05, 0.1) is 5.02 Å². The molecule has 0 fully saturated rings. The molecule has 2 nitrogen and oxygen atoms in total. The third-order valence-corrected chi connectivity index (χ3v) is 3.57. The van der Waals surface area contributed by atoms with Gasteiger partial charge in [-0.05, 0) is 18.8 Å². The summed E-state index contributed by atoms with van der Waals surface area (Å²) in [6, 6.07) is 1.73. The van der Waals surface area contributed by atoms with Crippen LogP contribution in [-0.2, 0) is 0 Å². The van der Waals surface area contributed by atoms with Crippen LogP contribution in [0.25, 0.3) is 0 Å². The number of unbranched alkanes of at least 4 members (excludes halogenated alkanes) is 1. The van der Waals surface area contributed by atoms with Crippen molar-refractivity contribution in [2.75, 3.05) is 6.61 Å². The third kappa shape index (κ3) is 16.4. The molecule has 0 saturated carbocycles. The van der Waals surface area contributed by atoms with Crippen LogP contribution in [0.3, 0.4) is 0 Å². The Labute approximate surface area is 146 Å². The van der Waals surface area contributed by atoms with Crippen LogP contribution < -0.4 is 9.57 Å². The van der Waals surface area contributed by atoms with E-state index in [1.807, 2.05) is 0 Å². The van der Waals surface area contributed by atoms with E-state index in [9.17, 15) is 25.2 Å². The zero-order chi connectivity index (χ0) is 19.1. The van der Waals surface area contributed by atoms with Crippen LogP contribution in [-0.4, -0.2) is 6.61 Å². The fourth-order valence-corrected chi connectivity index (χ4v) is 1.87. The van der Waals surface area contributed by atoms with Crippen LogP contribution >= 0.6 is 31.0 Å². The van der Waals surface area contributed by atoms with E-state index in [2.05, 4.69) is 13.8 Å². The van der Waals surface area contributed by atoms with Crippen molar-refractivity contribution in [1.82, 2.24) is 0 Å². The molecule has 0 bridgehead atoms. The van der Waals surface area contributed by atoms with E-state index in [1.54, 1.807) is 23.2 Å². The summed E-state index contributed by atoms with van der Waals surface area (Å²) in [5.74, 6) is 0.608. The van der Waals surface area contributed by atoms with E-state index < -0.39 is 7.81 Å². The molecule has 0 amide bonds. The van der Waals surface area contributed by atoms with Crippen LogP contribution in [0.1, 0.15) is 39.5 Å². The molecule has 0 spiro atoms. The van der Waals surface area contributed by atoms with Crippen molar-refractivity contribution in [3.8, 4) is 0 Å². The average molecular weight is 422 g/mol. The van der Waals surface area contributed by atoms with E-state index in [1.165, 1.54) is 19.3 Å². The minimum atomic E-state index is -10.7. The van der Waals surface area contributed by atoms with Crippen molar-refractivity contribution in [3.05, 3.63) is 28.5 Å². The number of hydrogen-bond donors (Lipinski definition) is 0. The number of pyridine rings is 1. The predicted molar refractivity (Wildman–Crippen MR) is 85.0 cm³/mol. The van der Waals surface area contributed by atoms with Crippen molar-refractivity contribution in [3.63, 3.8) is 0 Å². The Kier molecular flexibility index (Phi) is 8.12. The summed E-state index contributed by atoms with van der Waals surface area (Å²) >= 11 is 11.8. The second-order valence-electron chi connectivity index (χ2n) is 5.17. The number of aromatic nitrogens is 1. The predicted octanol–water partition coefficient (Wildman–Crippen LogP) is 7.31. The molecule has 1 atom stereocenters. The van der Waals surface area contributed by atoms with E-state index in [0.717, 1.165) is 13.0 Å². The van der Waals surface area contributed by atoms with E-state index in [-0.39, 0.29) is 0 Å². The SMILES string of the molecule is CCCCC(CC)CO[n+]1ccc(Cl)c(Cl)c1.F[P-](F)(F)(F)(F)F. The van der Waals surface area contributed by atoms with Crippen molar-refractivity contribution in [1.29, 1.82) is 0 Å². The van der Waals surface area contributed by atoms with Gasteiger partial charge in [0, 0.05) is 10.8 Å². The van der Waals surface area contributed by atoms with Gasteiger partial charge < -0.3 is 0 Å². The first-order valence-corrected chi connectivity index (χ1v) is 9.96. The van der Waals surface area contributed by atoms with Crippen LogP contribution in [0, 0.1) is 5.92 Å². The van der Waals surface area contributed by atoms with E-state index >= 15 is 0 Å². The molecule has 0 radical (unpaired) electrons. The Morgan fingerprint density at radius 3 is 2.04 bits per heavy atom. The van der Waals surface area contributed by atoms with Gasteiger partial charge in [-0.1, -0.05) is 49.9 Å². The molecule has 0 aliphatic carbocycles. The molecule has 11 heteroatoms. The number of halogens is 8.